The molecule has 0 bridgehead atoms. The first-order chi connectivity index (χ1) is 15.8. The molecule has 5 rings (SSSR count). The summed E-state index contributed by atoms with van der Waals surface area (Å²) in [4.78, 5) is 17.7. The number of carbonyl (C=O) groups is 1. The number of amides is 1. The maximum absolute atomic E-state index is 13.2. The smallest absolute Gasteiger partial charge is 0.249 e. The van der Waals surface area contributed by atoms with Crippen molar-refractivity contribution >= 4 is 27.3 Å². The molecule has 0 saturated carbocycles. The number of nitrogens with zero attached hydrogens (tertiary/aromatic N) is 4. The van der Waals surface area contributed by atoms with Crippen molar-refractivity contribution in [1.29, 1.82) is 0 Å². The summed E-state index contributed by atoms with van der Waals surface area (Å²) in [5.41, 5.74) is 3.48. The van der Waals surface area contributed by atoms with Gasteiger partial charge in [0.25, 0.3) is 0 Å². The summed E-state index contributed by atoms with van der Waals surface area (Å²) in [5, 5.41) is 6.61. The van der Waals surface area contributed by atoms with Crippen LogP contribution < -0.4 is 5.32 Å². The van der Waals surface area contributed by atoms with Crippen molar-refractivity contribution in [2.24, 2.45) is 0 Å². The Balaban J connectivity index is 1.33. The molecule has 4 aromatic rings. The molecule has 170 valence electrons. The standard InChI is InChI=1S/C23H23N5O4S/c1-15-22(16(2)32-26-15)33(30,31)28-13-5-6-20(28)23(29)24-18-10-8-17(9-11-18)19-14-27-12-4-3-7-21(27)25-19/h3-4,7-12,14,20H,5-6,13H2,1-2H3,(H,24,29)/t20-/m0/s1. The van der Waals surface area contributed by atoms with Crippen molar-refractivity contribution in [3.05, 3.63) is 66.3 Å². The molecule has 1 fully saturated rings. The van der Waals surface area contributed by atoms with Crippen molar-refractivity contribution in [2.75, 3.05) is 11.9 Å². The number of carbonyl (C=O) groups excluding carboxylic acids is 1. The van der Waals surface area contributed by atoms with Gasteiger partial charge in [-0.05, 0) is 51.0 Å². The van der Waals surface area contributed by atoms with Crippen LogP contribution >= 0.6 is 0 Å². The van der Waals surface area contributed by atoms with E-state index in [-0.39, 0.29) is 23.1 Å². The van der Waals surface area contributed by atoms with E-state index in [0.717, 1.165) is 16.9 Å². The van der Waals surface area contributed by atoms with E-state index in [1.807, 2.05) is 47.1 Å². The third-order valence-corrected chi connectivity index (χ3v) is 8.01. The number of sulfonamides is 1. The van der Waals surface area contributed by atoms with Crippen molar-refractivity contribution in [1.82, 2.24) is 18.8 Å². The first kappa shape index (κ1) is 21.4. The molecule has 0 aliphatic carbocycles. The predicted molar refractivity (Wildman–Crippen MR) is 122 cm³/mol. The molecule has 0 radical (unpaired) electrons. The van der Waals surface area contributed by atoms with Crippen LogP contribution in [-0.4, -0.2) is 45.8 Å². The summed E-state index contributed by atoms with van der Waals surface area (Å²) in [7, 11) is -3.89. The number of fused-ring (bicyclic) bond motifs is 1. The van der Waals surface area contributed by atoms with Gasteiger partial charge in [-0.2, -0.15) is 4.31 Å². The van der Waals surface area contributed by atoms with Gasteiger partial charge in [0, 0.05) is 30.2 Å². The monoisotopic (exact) mass is 465 g/mol. The Hall–Kier alpha value is -3.50. The molecular weight excluding hydrogens is 442 g/mol. The highest BCUT2D eigenvalue weighted by Crippen LogP contribution is 2.30. The number of hydrogen-bond acceptors (Lipinski definition) is 6. The SMILES string of the molecule is Cc1noc(C)c1S(=O)(=O)N1CCC[C@H]1C(=O)Nc1ccc(-c2cn3ccccc3n2)cc1. The molecule has 3 aromatic heterocycles. The van der Waals surface area contributed by atoms with Crippen molar-refractivity contribution < 1.29 is 17.7 Å². The molecule has 1 atom stereocenters. The van der Waals surface area contributed by atoms with E-state index in [1.54, 1.807) is 26.0 Å². The van der Waals surface area contributed by atoms with Gasteiger partial charge in [0.05, 0.1) is 5.69 Å². The lowest BCUT2D eigenvalue weighted by atomic mass is 10.1. The lowest BCUT2D eigenvalue weighted by Gasteiger charge is -2.23. The van der Waals surface area contributed by atoms with Crippen LogP contribution in [0.25, 0.3) is 16.9 Å². The topological polar surface area (TPSA) is 110 Å². The number of benzene rings is 1. The van der Waals surface area contributed by atoms with Crippen LogP contribution in [0, 0.1) is 13.8 Å². The summed E-state index contributed by atoms with van der Waals surface area (Å²) in [6, 6.07) is 12.4. The zero-order chi connectivity index (χ0) is 23.2. The fourth-order valence-corrected chi connectivity index (χ4v) is 6.22. The van der Waals surface area contributed by atoms with E-state index in [1.165, 1.54) is 4.31 Å². The molecule has 1 saturated heterocycles. The van der Waals surface area contributed by atoms with Gasteiger partial charge in [0.15, 0.2) is 5.76 Å². The molecule has 1 amide bonds. The molecule has 33 heavy (non-hydrogen) atoms. The quantitative estimate of drug-likeness (QED) is 0.484. The van der Waals surface area contributed by atoms with Crippen molar-refractivity contribution in [3.63, 3.8) is 0 Å². The van der Waals surface area contributed by atoms with E-state index < -0.39 is 16.1 Å². The molecule has 4 heterocycles. The highest BCUT2D eigenvalue weighted by molar-refractivity contribution is 7.89. The molecule has 10 heteroatoms. The van der Waals surface area contributed by atoms with Crippen LogP contribution in [0.15, 0.2) is 64.3 Å². The van der Waals surface area contributed by atoms with E-state index in [4.69, 9.17) is 4.52 Å². The zero-order valence-corrected chi connectivity index (χ0v) is 19.0. The highest BCUT2D eigenvalue weighted by atomic mass is 32.2. The average molecular weight is 466 g/mol. The number of hydrogen-bond donors (Lipinski definition) is 1. The minimum absolute atomic E-state index is 0.0407. The summed E-state index contributed by atoms with van der Waals surface area (Å²) in [6.07, 6.45) is 4.94. The molecule has 0 spiro atoms. The second-order valence-corrected chi connectivity index (χ2v) is 9.91. The van der Waals surface area contributed by atoms with E-state index >= 15 is 0 Å². The predicted octanol–water partition coefficient (Wildman–Crippen LogP) is 3.40. The first-order valence-corrected chi connectivity index (χ1v) is 12.1. The van der Waals surface area contributed by atoms with Crippen LogP contribution in [-0.2, 0) is 14.8 Å². The van der Waals surface area contributed by atoms with Gasteiger partial charge in [-0.3, -0.25) is 4.79 Å². The van der Waals surface area contributed by atoms with Gasteiger partial charge in [-0.15, -0.1) is 0 Å². The Morgan fingerprint density at radius 3 is 2.64 bits per heavy atom. The van der Waals surface area contributed by atoms with Crippen LogP contribution in [0.5, 0.6) is 0 Å². The third kappa shape index (κ3) is 3.81. The van der Waals surface area contributed by atoms with Gasteiger partial charge in [0.1, 0.15) is 22.3 Å². The number of nitrogens with one attached hydrogen (secondary N) is 1. The van der Waals surface area contributed by atoms with Crippen LogP contribution in [0.1, 0.15) is 24.3 Å². The van der Waals surface area contributed by atoms with Crippen LogP contribution in [0.2, 0.25) is 0 Å². The zero-order valence-electron chi connectivity index (χ0n) is 18.2. The minimum atomic E-state index is -3.89. The third-order valence-electron chi connectivity index (χ3n) is 5.85. The van der Waals surface area contributed by atoms with E-state index in [0.29, 0.717) is 24.2 Å². The van der Waals surface area contributed by atoms with Crippen LogP contribution in [0.3, 0.4) is 0 Å². The minimum Gasteiger partial charge on any atom is -0.360 e. The molecule has 1 N–H and O–H groups in total. The number of imidazole rings is 1. The van der Waals surface area contributed by atoms with Crippen molar-refractivity contribution in [2.45, 2.75) is 37.6 Å². The normalized spacial score (nSPS) is 17.0. The maximum Gasteiger partial charge on any atom is 0.249 e. The second kappa shape index (κ2) is 8.13. The van der Waals surface area contributed by atoms with Crippen molar-refractivity contribution in [3.8, 4) is 11.3 Å². The first-order valence-electron chi connectivity index (χ1n) is 10.6. The summed E-state index contributed by atoms with van der Waals surface area (Å²) in [6.45, 7) is 3.42. The van der Waals surface area contributed by atoms with Gasteiger partial charge in [-0.25, -0.2) is 13.4 Å². The van der Waals surface area contributed by atoms with E-state index in [2.05, 4.69) is 15.5 Å². The maximum atomic E-state index is 13.2. The number of anilines is 1. The fourth-order valence-electron chi connectivity index (χ4n) is 4.27. The van der Waals surface area contributed by atoms with Gasteiger partial charge in [0.2, 0.25) is 15.9 Å². The summed E-state index contributed by atoms with van der Waals surface area (Å²) >= 11 is 0. The lowest BCUT2D eigenvalue weighted by molar-refractivity contribution is -0.119. The molecule has 1 aliphatic rings. The largest absolute Gasteiger partial charge is 0.360 e. The Morgan fingerprint density at radius 2 is 1.94 bits per heavy atom. The Labute approximate surface area is 191 Å². The number of aromatic nitrogens is 3. The second-order valence-electron chi connectivity index (χ2n) is 8.09. The van der Waals surface area contributed by atoms with Gasteiger partial charge < -0.3 is 14.2 Å². The summed E-state index contributed by atoms with van der Waals surface area (Å²) in [5.74, 6) is -0.135. The average Bonchev–Trinajstić information content (AvgIpc) is 3.52. The molecule has 0 unspecified atom stereocenters. The van der Waals surface area contributed by atoms with E-state index in [9.17, 15) is 13.2 Å². The lowest BCUT2D eigenvalue weighted by Crippen LogP contribution is -2.43. The van der Waals surface area contributed by atoms with Gasteiger partial charge >= 0.3 is 0 Å². The Kier molecular flexibility index (Phi) is 5.26. The summed E-state index contributed by atoms with van der Waals surface area (Å²) < 4.78 is 34.7. The Bertz CT molecular complexity index is 1390. The molecular formula is C23H23N5O4S. The number of pyridine rings is 1. The highest BCUT2D eigenvalue weighted by Gasteiger charge is 2.41. The van der Waals surface area contributed by atoms with Gasteiger partial charge in [-0.1, -0.05) is 23.4 Å². The molecule has 1 aromatic carbocycles. The van der Waals surface area contributed by atoms with Crippen LogP contribution in [0.4, 0.5) is 5.69 Å². The molecule has 9 nitrogen and oxygen atoms in total. The Morgan fingerprint density at radius 1 is 1.15 bits per heavy atom. The number of aryl methyl sites for hydroxylation is 2. The number of rotatable bonds is 5. The molecule has 1 aliphatic heterocycles. The fraction of sp³-hybridized carbons (Fsp3) is 0.261.